The number of aromatic carboxylic acids is 1. The number of hydrogen-bond acceptors (Lipinski definition) is 6. The highest BCUT2D eigenvalue weighted by Gasteiger charge is 2.36. The molecule has 0 aliphatic carbocycles. The summed E-state index contributed by atoms with van der Waals surface area (Å²) in [5.41, 5.74) is -4.94. The van der Waals surface area contributed by atoms with Gasteiger partial charge in [-0.15, -0.1) is 0 Å². The predicted octanol–water partition coefficient (Wildman–Crippen LogP) is 5.05. The highest BCUT2D eigenvalue weighted by Crippen LogP contribution is 2.35. The molecule has 1 amide bonds. The number of nitrogens with zero attached hydrogens (tertiary/aromatic N) is 1. The van der Waals surface area contributed by atoms with Gasteiger partial charge in [0.1, 0.15) is 11.5 Å². The van der Waals surface area contributed by atoms with Crippen LogP contribution in [-0.2, 0) is 10.9 Å². The van der Waals surface area contributed by atoms with Crippen LogP contribution in [0.4, 0.5) is 23.2 Å². The first-order valence-corrected chi connectivity index (χ1v) is 10.1. The molecule has 8 nitrogen and oxygen atoms in total. The van der Waals surface area contributed by atoms with E-state index in [1.54, 1.807) is 0 Å². The van der Waals surface area contributed by atoms with Gasteiger partial charge in [-0.05, 0) is 36.4 Å². The molecule has 2 aromatic carbocycles. The summed E-state index contributed by atoms with van der Waals surface area (Å²) in [7, 11) is 1.09. The molecular weight excluding hydrogens is 510 g/mol. The molecule has 13 heteroatoms. The molecule has 0 fully saturated rings. The monoisotopic (exact) mass is 523 g/mol. The zero-order valence-corrected chi connectivity index (χ0v) is 18.8. The van der Waals surface area contributed by atoms with Gasteiger partial charge in [-0.25, -0.2) is 14.0 Å². The number of carbonyl (C=O) groups excluding carboxylic acids is 2. The van der Waals surface area contributed by atoms with Crippen LogP contribution in [0.5, 0.6) is 0 Å². The van der Waals surface area contributed by atoms with Crippen LogP contribution in [0.1, 0.15) is 47.9 Å². The number of pyridine rings is 1. The van der Waals surface area contributed by atoms with E-state index < -0.39 is 74.2 Å². The summed E-state index contributed by atoms with van der Waals surface area (Å²) in [6, 6.07) is 6.53. The minimum atomic E-state index is -4.95. The molecule has 186 valence electrons. The summed E-state index contributed by atoms with van der Waals surface area (Å²) >= 11 is 5.85. The smallest absolute Gasteiger partial charge is 0.417 e. The zero-order valence-electron chi connectivity index (χ0n) is 18.0. The Hall–Kier alpha value is -4.32. The van der Waals surface area contributed by atoms with Gasteiger partial charge in [-0.2, -0.15) is 13.2 Å². The number of anilines is 1. The average Bonchev–Trinajstić information content (AvgIpc) is 2.82. The number of aromatic nitrogens is 1. The van der Waals surface area contributed by atoms with Crippen LogP contribution in [0.2, 0.25) is 5.02 Å². The second-order valence-corrected chi connectivity index (χ2v) is 7.51. The van der Waals surface area contributed by atoms with Gasteiger partial charge in [0.05, 0.1) is 45.8 Å². The van der Waals surface area contributed by atoms with Gasteiger partial charge < -0.3 is 15.2 Å². The number of amides is 1. The van der Waals surface area contributed by atoms with Gasteiger partial charge in [-0.1, -0.05) is 17.7 Å². The quantitative estimate of drug-likeness (QED) is 0.236. The minimum absolute atomic E-state index is 0.160. The maximum atomic E-state index is 14.7. The third-order valence-corrected chi connectivity index (χ3v) is 5.14. The highest BCUT2D eigenvalue weighted by atomic mass is 35.5. The number of methoxy groups -OCH3 is 1. The molecule has 36 heavy (non-hydrogen) atoms. The number of benzene rings is 2. The minimum Gasteiger partial charge on any atom is -0.478 e. The lowest BCUT2D eigenvalue weighted by atomic mass is 10.0. The molecule has 0 unspecified atom stereocenters. The van der Waals surface area contributed by atoms with Crippen molar-refractivity contribution >= 4 is 40.8 Å². The molecule has 0 spiro atoms. The first kappa shape index (κ1) is 26.3. The number of carboxylic acid groups (broad SMARTS) is 1. The van der Waals surface area contributed by atoms with E-state index in [1.807, 2.05) is 0 Å². The number of rotatable bonds is 6. The first-order chi connectivity index (χ1) is 16.8. The molecule has 0 radical (unpaired) electrons. The van der Waals surface area contributed by atoms with Gasteiger partial charge in [0.2, 0.25) is 0 Å². The average molecular weight is 524 g/mol. The number of esters is 1. The van der Waals surface area contributed by atoms with E-state index in [4.69, 9.17) is 17.0 Å². The fraction of sp³-hybridized carbons (Fsp3) is 0.0870. The van der Waals surface area contributed by atoms with Crippen LogP contribution in [0.3, 0.4) is 0 Å². The molecule has 3 rings (SSSR count). The van der Waals surface area contributed by atoms with E-state index >= 15 is 0 Å². The van der Waals surface area contributed by atoms with E-state index in [0.29, 0.717) is 6.07 Å². The molecule has 0 saturated carbocycles. The van der Waals surface area contributed by atoms with Crippen LogP contribution in [0.25, 0.3) is 0 Å². The van der Waals surface area contributed by atoms with Crippen molar-refractivity contribution in [2.45, 2.75) is 6.18 Å². The molecule has 3 N–H and O–H groups in total. The number of halogens is 5. The maximum Gasteiger partial charge on any atom is 0.417 e. The Kier molecular flexibility index (Phi) is 7.39. The third-order valence-electron chi connectivity index (χ3n) is 4.83. The standard InChI is InChI=1S/C23H14ClF4N3O5/c1-36-22(35)10-5-6-12(15(25)7-10)18(29)19-16(8-11(9-30-19)21(33)34)31-20(32)17-13(23(26,27)28)3-2-4-14(17)24/h2-9,29H,1H3,(H,31,32)(H,33,34). The van der Waals surface area contributed by atoms with Crippen molar-refractivity contribution in [1.29, 1.82) is 5.41 Å². The van der Waals surface area contributed by atoms with Crippen molar-refractivity contribution in [2.75, 3.05) is 12.4 Å². The van der Waals surface area contributed by atoms with Crippen LogP contribution >= 0.6 is 11.6 Å². The van der Waals surface area contributed by atoms with Crippen LogP contribution in [-0.4, -0.2) is 40.8 Å². The second kappa shape index (κ2) is 10.1. The lowest BCUT2D eigenvalue weighted by Crippen LogP contribution is -2.22. The van der Waals surface area contributed by atoms with Crippen molar-refractivity contribution in [3.8, 4) is 0 Å². The van der Waals surface area contributed by atoms with Gasteiger partial charge in [-0.3, -0.25) is 15.2 Å². The number of alkyl halides is 3. The maximum absolute atomic E-state index is 14.7. The lowest BCUT2D eigenvalue weighted by molar-refractivity contribution is -0.137. The largest absolute Gasteiger partial charge is 0.478 e. The van der Waals surface area contributed by atoms with Crippen molar-refractivity contribution in [3.05, 3.63) is 93.0 Å². The van der Waals surface area contributed by atoms with Gasteiger partial charge in [0.25, 0.3) is 5.91 Å². The Morgan fingerprint density at radius 1 is 1.11 bits per heavy atom. The Bertz CT molecular complexity index is 1410. The van der Waals surface area contributed by atoms with Crippen LogP contribution in [0.15, 0.2) is 48.7 Å². The normalized spacial score (nSPS) is 11.1. The SMILES string of the molecule is COC(=O)c1ccc(C(=N)c2ncc(C(=O)O)cc2NC(=O)c2c(Cl)cccc2C(F)(F)F)c(F)c1. The van der Waals surface area contributed by atoms with Gasteiger partial charge in [0, 0.05) is 11.8 Å². The molecule has 0 aliphatic heterocycles. The van der Waals surface area contributed by atoms with E-state index in [0.717, 1.165) is 49.7 Å². The molecule has 0 aliphatic rings. The van der Waals surface area contributed by atoms with E-state index in [9.17, 15) is 37.1 Å². The summed E-state index contributed by atoms with van der Waals surface area (Å²) in [6.07, 6.45) is -4.13. The summed E-state index contributed by atoms with van der Waals surface area (Å²) in [5.74, 6) is -4.75. The Morgan fingerprint density at radius 2 is 1.81 bits per heavy atom. The predicted molar refractivity (Wildman–Crippen MR) is 119 cm³/mol. The molecule has 0 saturated heterocycles. The zero-order chi connectivity index (χ0) is 26.8. The third kappa shape index (κ3) is 5.33. The Balaban J connectivity index is 2.10. The van der Waals surface area contributed by atoms with Crippen LogP contribution < -0.4 is 5.32 Å². The molecule has 1 heterocycles. The number of ether oxygens (including phenoxy) is 1. The summed E-state index contributed by atoms with van der Waals surface area (Å²) < 4.78 is 59.5. The molecule has 3 aromatic rings. The molecule has 0 bridgehead atoms. The molecule has 1 aromatic heterocycles. The first-order valence-electron chi connectivity index (χ1n) is 9.72. The van der Waals surface area contributed by atoms with Crippen molar-refractivity contribution < 1.29 is 41.8 Å². The number of hydrogen-bond donors (Lipinski definition) is 3. The molecule has 0 atom stereocenters. The summed E-state index contributed by atoms with van der Waals surface area (Å²) in [5, 5.41) is 19.2. The summed E-state index contributed by atoms with van der Waals surface area (Å²) in [6.45, 7) is 0. The van der Waals surface area contributed by atoms with Gasteiger partial charge >= 0.3 is 18.1 Å². The van der Waals surface area contributed by atoms with Crippen molar-refractivity contribution in [3.63, 3.8) is 0 Å². The van der Waals surface area contributed by atoms with E-state index in [2.05, 4.69) is 15.0 Å². The molecular formula is C23H14ClF4N3O5. The lowest BCUT2D eigenvalue weighted by Gasteiger charge is -2.16. The number of nitrogens with one attached hydrogen (secondary N) is 2. The van der Waals surface area contributed by atoms with E-state index in [-0.39, 0.29) is 5.56 Å². The Labute approximate surface area is 205 Å². The van der Waals surface area contributed by atoms with E-state index in [1.165, 1.54) is 0 Å². The van der Waals surface area contributed by atoms with Crippen molar-refractivity contribution in [2.24, 2.45) is 0 Å². The summed E-state index contributed by atoms with van der Waals surface area (Å²) in [4.78, 5) is 39.7. The fourth-order valence-corrected chi connectivity index (χ4v) is 3.40. The number of carbonyl (C=O) groups is 3. The Morgan fingerprint density at radius 3 is 2.39 bits per heavy atom. The highest BCUT2D eigenvalue weighted by molar-refractivity contribution is 6.34. The van der Waals surface area contributed by atoms with Gasteiger partial charge in [0.15, 0.2) is 0 Å². The van der Waals surface area contributed by atoms with Crippen molar-refractivity contribution in [1.82, 2.24) is 4.98 Å². The second-order valence-electron chi connectivity index (χ2n) is 7.10. The fourth-order valence-electron chi connectivity index (χ4n) is 3.14. The number of carboxylic acids is 1. The topological polar surface area (TPSA) is 129 Å². The van der Waals surface area contributed by atoms with Crippen LogP contribution in [0, 0.1) is 11.2 Å².